The van der Waals surface area contributed by atoms with Gasteiger partial charge in [-0.25, -0.2) is 0 Å². The zero-order chi connectivity index (χ0) is 16.2. The highest BCUT2D eigenvalue weighted by molar-refractivity contribution is 5.46. The first kappa shape index (κ1) is 19.0. The first-order valence-electron chi connectivity index (χ1n) is 9.44. The van der Waals surface area contributed by atoms with E-state index in [1.54, 1.807) is 0 Å². The number of hydrogen-bond donors (Lipinski definition) is 0. The van der Waals surface area contributed by atoms with E-state index in [0.717, 1.165) is 5.92 Å². The van der Waals surface area contributed by atoms with Gasteiger partial charge in [-0.1, -0.05) is 52.3 Å². The van der Waals surface area contributed by atoms with Gasteiger partial charge in [-0.15, -0.1) is 0 Å². The Morgan fingerprint density at radius 2 is 1.50 bits per heavy atom. The molecule has 2 heterocycles. The van der Waals surface area contributed by atoms with E-state index in [-0.39, 0.29) is 0 Å². The van der Waals surface area contributed by atoms with Crippen molar-refractivity contribution in [2.75, 3.05) is 37.6 Å². The van der Waals surface area contributed by atoms with Gasteiger partial charge >= 0.3 is 0 Å². The van der Waals surface area contributed by atoms with E-state index in [9.17, 15) is 0 Å². The Morgan fingerprint density at radius 1 is 0.864 bits per heavy atom. The molecule has 1 atom stereocenters. The third kappa shape index (κ3) is 6.00. The van der Waals surface area contributed by atoms with Crippen molar-refractivity contribution in [1.82, 2.24) is 4.90 Å². The number of para-hydroxylation sites is 1. The minimum absolute atomic E-state index is 0.878. The number of rotatable bonds is 3. The zero-order valence-electron chi connectivity index (χ0n) is 15.2. The maximum absolute atomic E-state index is 2.68. The number of nitrogens with zero attached hydrogens (tertiary/aromatic N) is 2. The Hall–Kier alpha value is -1.02. The van der Waals surface area contributed by atoms with Crippen LogP contribution in [0, 0.1) is 5.92 Å². The summed E-state index contributed by atoms with van der Waals surface area (Å²) in [5, 5.41) is 0. The second-order valence-corrected chi connectivity index (χ2v) is 5.80. The van der Waals surface area contributed by atoms with Gasteiger partial charge in [0.2, 0.25) is 0 Å². The summed E-state index contributed by atoms with van der Waals surface area (Å²) in [7, 11) is 0. The summed E-state index contributed by atoms with van der Waals surface area (Å²) >= 11 is 0. The Kier molecular flexibility index (Phi) is 9.98. The molecule has 1 aromatic rings. The smallest absolute Gasteiger partial charge is 0.0366 e. The lowest BCUT2D eigenvalue weighted by Gasteiger charge is -2.29. The normalized spacial score (nSPS) is 21.5. The highest BCUT2D eigenvalue weighted by Gasteiger charge is 2.24. The lowest BCUT2D eigenvalue weighted by Crippen LogP contribution is -2.35. The molecule has 3 rings (SSSR count). The van der Waals surface area contributed by atoms with Crippen LogP contribution < -0.4 is 4.90 Å². The van der Waals surface area contributed by atoms with Crippen molar-refractivity contribution >= 4 is 5.69 Å². The van der Waals surface area contributed by atoms with Crippen LogP contribution in [0.2, 0.25) is 0 Å². The standard InChI is InChI=1S/C16H24N2.2C2H6/c1-3-7-16(8-4-1)18-12-9-15(14-18)13-17-10-5-2-6-11-17;2*1-2/h1,3-4,7-8,15H,2,5-6,9-14H2;2*1-2H3. The molecule has 0 amide bonds. The van der Waals surface area contributed by atoms with Gasteiger partial charge in [0.1, 0.15) is 0 Å². The molecule has 0 aliphatic carbocycles. The van der Waals surface area contributed by atoms with E-state index in [2.05, 4.69) is 40.1 Å². The molecule has 0 aromatic heterocycles. The molecule has 1 unspecified atom stereocenters. The Morgan fingerprint density at radius 3 is 2.14 bits per heavy atom. The summed E-state index contributed by atoms with van der Waals surface area (Å²) in [5.74, 6) is 0.878. The summed E-state index contributed by atoms with van der Waals surface area (Å²) in [6.45, 7) is 14.5. The number of likely N-dealkylation sites (tertiary alicyclic amines) is 1. The highest BCUT2D eigenvalue weighted by atomic mass is 15.2. The quantitative estimate of drug-likeness (QED) is 0.771. The molecule has 0 radical (unpaired) electrons. The Labute approximate surface area is 138 Å². The van der Waals surface area contributed by atoms with Crippen LogP contribution in [0.1, 0.15) is 53.4 Å². The fourth-order valence-corrected chi connectivity index (χ4v) is 3.36. The molecule has 0 saturated carbocycles. The molecule has 0 N–H and O–H groups in total. The molecule has 1 aromatic carbocycles. The minimum Gasteiger partial charge on any atom is -0.371 e. The predicted molar refractivity (Wildman–Crippen MR) is 99.7 cm³/mol. The lowest BCUT2D eigenvalue weighted by atomic mass is 10.1. The second kappa shape index (κ2) is 11.5. The molecule has 2 nitrogen and oxygen atoms in total. The zero-order valence-corrected chi connectivity index (χ0v) is 15.2. The topological polar surface area (TPSA) is 6.48 Å². The molecule has 2 saturated heterocycles. The second-order valence-electron chi connectivity index (χ2n) is 5.80. The lowest BCUT2D eigenvalue weighted by molar-refractivity contribution is 0.201. The van der Waals surface area contributed by atoms with E-state index < -0.39 is 0 Å². The average Bonchev–Trinajstić information content (AvgIpc) is 3.09. The van der Waals surface area contributed by atoms with Gasteiger partial charge in [0.25, 0.3) is 0 Å². The van der Waals surface area contributed by atoms with Crippen LogP contribution in [0.25, 0.3) is 0 Å². The number of benzene rings is 1. The summed E-state index contributed by atoms with van der Waals surface area (Å²) < 4.78 is 0. The maximum Gasteiger partial charge on any atom is 0.0366 e. The molecule has 2 heteroatoms. The van der Waals surface area contributed by atoms with Gasteiger partial charge < -0.3 is 9.80 Å². The molecule has 126 valence electrons. The van der Waals surface area contributed by atoms with Gasteiger partial charge in [-0.3, -0.25) is 0 Å². The average molecular weight is 305 g/mol. The van der Waals surface area contributed by atoms with E-state index in [4.69, 9.17) is 0 Å². The van der Waals surface area contributed by atoms with Crippen LogP contribution in [-0.4, -0.2) is 37.6 Å². The predicted octanol–water partition coefficient (Wildman–Crippen LogP) is 5.05. The Balaban J connectivity index is 0.000000561. The van der Waals surface area contributed by atoms with Crippen molar-refractivity contribution in [3.8, 4) is 0 Å². The largest absolute Gasteiger partial charge is 0.371 e. The fraction of sp³-hybridized carbons (Fsp3) is 0.700. The van der Waals surface area contributed by atoms with Crippen molar-refractivity contribution in [2.24, 2.45) is 5.92 Å². The van der Waals surface area contributed by atoms with Crippen molar-refractivity contribution in [1.29, 1.82) is 0 Å². The van der Waals surface area contributed by atoms with Gasteiger partial charge in [-0.05, 0) is 50.4 Å². The monoisotopic (exact) mass is 304 g/mol. The van der Waals surface area contributed by atoms with Crippen LogP contribution in [0.15, 0.2) is 30.3 Å². The summed E-state index contributed by atoms with van der Waals surface area (Å²) in [5.41, 5.74) is 1.40. The molecule has 2 fully saturated rings. The van der Waals surface area contributed by atoms with E-state index in [1.165, 1.54) is 64.1 Å². The van der Waals surface area contributed by atoms with Gasteiger partial charge in [0, 0.05) is 25.3 Å². The van der Waals surface area contributed by atoms with Crippen LogP contribution in [-0.2, 0) is 0 Å². The van der Waals surface area contributed by atoms with E-state index in [1.807, 2.05) is 27.7 Å². The highest BCUT2D eigenvalue weighted by Crippen LogP contribution is 2.24. The van der Waals surface area contributed by atoms with Crippen LogP contribution in [0.4, 0.5) is 5.69 Å². The minimum atomic E-state index is 0.878. The number of piperidine rings is 1. The third-order valence-electron chi connectivity index (χ3n) is 4.37. The van der Waals surface area contributed by atoms with Crippen molar-refractivity contribution in [2.45, 2.75) is 53.4 Å². The summed E-state index contributed by atoms with van der Waals surface area (Å²) in [6, 6.07) is 10.9. The fourth-order valence-electron chi connectivity index (χ4n) is 3.36. The number of hydrogen-bond acceptors (Lipinski definition) is 2. The SMILES string of the molecule is CC.CC.c1ccc(N2CCC(CN3CCCCC3)C2)cc1. The van der Waals surface area contributed by atoms with Crippen LogP contribution in [0.5, 0.6) is 0 Å². The third-order valence-corrected chi connectivity index (χ3v) is 4.37. The molecule has 2 aliphatic heterocycles. The van der Waals surface area contributed by atoms with Crippen molar-refractivity contribution in [3.63, 3.8) is 0 Å². The first-order chi connectivity index (χ1) is 10.9. The summed E-state index contributed by atoms with van der Waals surface area (Å²) in [4.78, 5) is 5.23. The van der Waals surface area contributed by atoms with Gasteiger partial charge in [0.05, 0.1) is 0 Å². The first-order valence-corrected chi connectivity index (χ1v) is 9.44. The van der Waals surface area contributed by atoms with Crippen LogP contribution >= 0.6 is 0 Å². The molecule has 0 spiro atoms. The maximum atomic E-state index is 2.68. The van der Waals surface area contributed by atoms with Crippen molar-refractivity contribution in [3.05, 3.63) is 30.3 Å². The number of anilines is 1. The van der Waals surface area contributed by atoms with E-state index >= 15 is 0 Å². The molecule has 22 heavy (non-hydrogen) atoms. The van der Waals surface area contributed by atoms with Crippen molar-refractivity contribution < 1.29 is 0 Å². The van der Waals surface area contributed by atoms with Gasteiger partial charge in [-0.2, -0.15) is 0 Å². The molecule has 0 bridgehead atoms. The Bertz CT molecular complexity index is 357. The molecule has 2 aliphatic rings. The molecular weight excluding hydrogens is 268 g/mol. The van der Waals surface area contributed by atoms with Gasteiger partial charge in [0.15, 0.2) is 0 Å². The summed E-state index contributed by atoms with van der Waals surface area (Å²) in [6.07, 6.45) is 5.63. The van der Waals surface area contributed by atoms with E-state index in [0.29, 0.717) is 0 Å². The van der Waals surface area contributed by atoms with Crippen LogP contribution in [0.3, 0.4) is 0 Å². The molecular formula is C20H36N2.